The Kier molecular flexibility index (Phi) is 5.36. The highest BCUT2D eigenvalue weighted by molar-refractivity contribution is 6.04. The highest BCUT2D eigenvalue weighted by atomic mass is 19.1. The summed E-state index contributed by atoms with van der Waals surface area (Å²) in [5.41, 5.74) is 4.53. The zero-order chi connectivity index (χ0) is 20.5. The third-order valence-corrected chi connectivity index (χ3v) is 4.91. The Bertz CT molecular complexity index is 998. The molecule has 1 amide bonds. The SMILES string of the molecule is Cc1nn(Cc2ccccc2F)c(C)c1NC(=O)c1ccc(C(C)(C)C)cc1. The quantitative estimate of drug-likeness (QED) is 0.674. The van der Waals surface area contributed by atoms with Gasteiger partial charge in [-0.15, -0.1) is 0 Å². The molecule has 0 saturated heterocycles. The number of rotatable bonds is 4. The van der Waals surface area contributed by atoms with Gasteiger partial charge in [-0.05, 0) is 43.0 Å². The van der Waals surface area contributed by atoms with Gasteiger partial charge in [-0.3, -0.25) is 9.48 Å². The number of aromatic nitrogens is 2. The molecule has 1 N–H and O–H groups in total. The first-order valence-corrected chi connectivity index (χ1v) is 9.36. The minimum absolute atomic E-state index is 0.0377. The van der Waals surface area contributed by atoms with Crippen LogP contribution in [-0.2, 0) is 12.0 Å². The first kappa shape index (κ1) is 19.8. The number of amides is 1. The molecule has 4 nitrogen and oxygen atoms in total. The second-order valence-corrected chi connectivity index (χ2v) is 8.08. The number of hydrogen-bond acceptors (Lipinski definition) is 2. The topological polar surface area (TPSA) is 46.9 Å². The van der Waals surface area contributed by atoms with Gasteiger partial charge in [0.1, 0.15) is 5.82 Å². The predicted octanol–water partition coefficient (Wildman–Crippen LogP) is 5.24. The lowest BCUT2D eigenvalue weighted by Gasteiger charge is -2.19. The maximum Gasteiger partial charge on any atom is 0.255 e. The van der Waals surface area contributed by atoms with E-state index in [-0.39, 0.29) is 17.1 Å². The van der Waals surface area contributed by atoms with E-state index in [4.69, 9.17) is 0 Å². The van der Waals surface area contributed by atoms with Crippen LogP contribution in [0.3, 0.4) is 0 Å². The van der Waals surface area contributed by atoms with Gasteiger partial charge in [-0.25, -0.2) is 4.39 Å². The van der Waals surface area contributed by atoms with E-state index in [1.807, 2.05) is 38.1 Å². The van der Waals surface area contributed by atoms with Crippen LogP contribution < -0.4 is 5.32 Å². The molecule has 0 aliphatic heterocycles. The molecule has 0 spiro atoms. The van der Waals surface area contributed by atoms with Gasteiger partial charge >= 0.3 is 0 Å². The molecule has 3 aromatic rings. The highest BCUT2D eigenvalue weighted by Gasteiger charge is 2.18. The average molecular weight is 379 g/mol. The van der Waals surface area contributed by atoms with Crippen molar-refractivity contribution in [2.45, 2.75) is 46.6 Å². The molecular weight excluding hydrogens is 353 g/mol. The number of carbonyl (C=O) groups is 1. The van der Waals surface area contributed by atoms with E-state index < -0.39 is 0 Å². The number of anilines is 1. The van der Waals surface area contributed by atoms with Crippen molar-refractivity contribution in [3.63, 3.8) is 0 Å². The Hall–Kier alpha value is -2.95. The van der Waals surface area contributed by atoms with Crippen LogP contribution in [0.1, 0.15) is 53.6 Å². The van der Waals surface area contributed by atoms with Crippen LogP contribution in [0, 0.1) is 19.7 Å². The van der Waals surface area contributed by atoms with E-state index in [9.17, 15) is 9.18 Å². The van der Waals surface area contributed by atoms with E-state index >= 15 is 0 Å². The van der Waals surface area contributed by atoms with Crippen molar-refractivity contribution < 1.29 is 9.18 Å². The summed E-state index contributed by atoms with van der Waals surface area (Å²) in [7, 11) is 0. The number of carbonyl (C=O) groups excluding carboxylic acids is 1. The average Bonchev–Trinajstić information content (AvgIpc) is 2.90. The number of hydrogen-bond donors (Lipinski definition) is 1. The summed E-state index contributed by atoms with van der Waals surface area (Å²) in [6.45, 7) is 10.4. The molecule has 146 valence electrons. The highest BCUT2D eigenvalue weighted by Crippen LogP contribution is 2.24. The number of halogens is 1. The Morgan fingerprint density at radius 2 is 1.71 bits per heavy atom. The molecule has 0 unspecified atom stereocenters. The standard InChI is InChI=1S/C23H26FN3O/c1-15-21(16(2)27(26-15)14-18-8-6-7-9-20(18)24)25-22(28)17-10-12-19(13-11-17)23(3,4)5/h6-13H,14H2,1-5H3,(H,25,28). The molecule has 0 saturated carbocycles. The third-order valence-electron chi connectivity index (χ3n) is 4.91. The van der Waals surface area contributed by atoms with Gasteiger partial charge in [0.25, 0.3) is 5.91 Å². The van der Waals surface area contributed by atoms with Crippen molar-refractivity contribution >= 4 is 11.6 Å². The number of aryl methyl sites for hydroxylation is 1. The van der Waals surface area contributed by atoms with Crippen molar-refractivity contribution in [3.8, 4) is 0 Å². The molecule has 0 aliphatic rings. The first-order chi connectivity index (χ1) is 13.2. The second kappa shape index (κ2) is 7.58. The van der Waals surface area contributed by atoms with E-state index in [2.05, 4.69) is 31.2 Å². The van der Waals surface area contributed by atoms with Crippen molar-refractivity contribution in [3.05, 3.63) is 82.4 Å². The van der Waals surface area contributed by atoms with E-state index in [1.54, 1.807) is 22.9 Å². The number of nitrogens with one attached hydrogen (secondary N) is 1. The predicted molar refractivity (Wildman–Crippen MR) is 110 cm³/mol. The van der Waals surface area contributed by atoms with Crippen LogP contribution >= 0.6 is 0 Å². The Morgan fingerprint density at radius 1 is 1.07 bits per heavy atom. The summed E-state index contributed by atoms with van der Waals surface area (Å²) in [4.78, 5) is 12.7. The summed E-state index contributed by atoms with van der Waals surface area (Å²) in [6.07, 6.45) is 0. The fourth-order valence-corrected chi connectivity index (χ4v) is 3.13. The second-order valence-electron chi connectivity index (χ2n) is 8.08. The van der Waals surface area contributed by atoms with Crippen LogP contribution in [0.25, 0.3) is 0 Å². The molecular formula is C23H26FN3O. The minimum atomic E-state index is -0.264. The molecule has 0 atom stereocenters. The zero-order valence-electron chi connectivity index (χ0n) is 17.0. The molecule has 0 bridgehead atoms. The summed E-state index contributed by atoms with van der Waals surface area (Å²) >= 11 is 0. The third kappa shape index (κ3) is 4.14. The number of benzene rings is 2. The van der Waals surface area contributed by atoms with Crippen LogP contribution in [0.4, 0.5) is 10.1 Å². The summed E-state index contributed by atoms with van der Waals surface area (Å²) in [6, 6.07) is 14.3. The fraction of sp³-hybridized carbons (Fsp3) is 0.304. The Morgan fingerprint density at radius 3 is 2.32 bits per heavy atom. The van der Waals surface area contributed by atoms with Crippen LogP contribution in [0.5, 0.6) is 0 Å². The molecule has 2 aromatic carbocycles. The van der Waals surface area contributed by atoms with E-state index in [1.165, 1.54) is 11.6 Å². The lowest BCUT2D eigenvalue weighted by molar-refractivity contribution is 0.102. The van der Waals surface area contributed by atoms with Crippen molar-refractivity contribution in [2.24, 2.45) is 0 Å². The van der Waals surface area contributed by atoms with Gasteiger partial charge in [0, 0.05) is 11.1 Å². The molecule has 28 heavy (non-hydrogen) atoms. The maximum absolute atomic E-state index is 14.0. The van der Waals surface area contributed by atoms with Crippen molar-refractivity contribution in [1.29, 1.82) is 0 Å². The van der Waals surface area contributed by atoms with Gasteiger partial charge < -0.3 is 5.32 Å². The first-order valence-electron chi connectivity index (χ1n) is 9.36. The van der Waals surface area contributed by atoms with Gasteiger partial charge in [-0.1, -0.05) is 51.1 Å². The van der Waals surface area contributed by atoms with Crippen LogP contribution in [0.15, 0.2) is 48.5 Å². The lowest BCUT2D eigenvalue weighted by atomic mass is 9.87. The normalized spacial score (nSPS) is 11.5. The molecule has 1 aromatic heterocycles. The zero-order valence-corrected chi connectivity index (χ0v) is 17.0. The van der Waals surface area contributed by atoms with Crippen molar-refractivity contribution in [2.75, 3.05) is 5.32 Å². The molecule has 5 heteroatoms. The lowest BCUT2D eigenvalue weighted by Crippen LogP contribution is -2.15. The molecule has 0 aliphatic carbocycles. The van der Waals surface area contributed by atoms with E-state index in [0.717, 1.165) is 5.69 Å². The van der Waals surface area contributed by atoms with Crippen LogP contribution in [0.2, 0.25) is 0 Å². The molecule has 0 fully saturated rings. The van der Waals surface area contributed by atoms with Gasteiger partial charge in [0.05, 0.1) is 23.6 Å². The summed E-state index contributed by atoms with van der Waals surface area (Å²) in [5.74, 6) is -0.448. The maximum atomic E-state index is 14.0. The summed E-state index contributed by atoms with van der Waals surface area (Å²) < 4.78 is 15.7. The Balaban J connectivity index is 1.80. The van der Waals surface area contributed by atoms with Gasteiger partial charge in [0.15, 0.2) is 0 Å². The fourth-order valence-electron chi connectivity index (χ4n) is 3.13. The number of nitrogens with zero attached hydrogens (tertiary/aromatic N) is 2. The van der Waals surface area contributed by atoms with E-state index in [0.29, 0.717) is 29.1 Å². The largest absolute Gasteiger partial charge is 0.319 e. The minimum Gasteiger partial charge on any atom is -0.319 e. The molecule has 3 rings (SSSR count). The Labute approximate surface area is 165 Å². The van der Waals surface area contributed by atoms with Crippen molar-refractivity contribution in [1.82, 2.24) is 9.78 Å². The van der Waals surface area contributed by atoms with Crippen LogP contribution in [-0.4, -0.2) is 15.7 Å². The van der Waals surface area contributed by atoms with Gasteiger partial charge in [0.2, 0.25) is 0 Å². The molecule has 1 heterocycles. The monoisotopic (exact) mass is 379 g/mol. The smallest absolute Gasteiger partial charge is 0.255 e. The van der Waals surface area contributed by atoms with Gasteiger partial charge in [-0.2, -0.15) is 5.10 Å². The summed E-state index contributed by atoms with van der Waals surface area (Å²) in [5, 5.41) is 7.43. The molecule has 0 radical (unpaired) electrons.